The van der Waals surface area contributed by atoms with Crippen LogP contribution in [-0.4, -0.2) is 31.6 Å². The lowest BCUT2D eigenvalue weighted by Gasteiger charge is -2.18. The molecule has 90 valence electrons. The van der Waals surface area contributed by atoms with Crippen molar-refractivity contribution < 1.29 is 0 Å². The lowest BCUT2D eigenvalue weighted by atomic mass is 10.1. The number of aryl methyl sites for hydroxylation is 1. The van der Waals surface area contributed by atoms with Crippen molar-refractivity contribution in [2.24, 2.45) is 0 Å². The molecule has 0 fully saturated rings. The van der Waals surface area contributed by atoms with Crippen LogP contribution in [-0.2, 0) is 0 Å². The molecule has 0 aliphatic heterocycles. The molecule has 0 heterocycles. The van der Waals surface area contributed by atoms with Crippen LogP contribution in [0.5, 0.6) is 0 Å². The van der Waals surface area contributed by atoms with E-state index in [4.69, 9.17) is 5.73 Å². The van der Waals surface area contributed by atoms with Gasteiger partial charge in [-0.25, -0.2) is 0 Å². The van der Waals surface area contributed by atoms with Gasteiger partial charge in [0, 0.05) is 17.4 Å². The number of nitrogen functional groups attached to an aromatic ring is 1. The van der Waals surface area contributed by atoms with Crippen molar-refractivity contribution in [3.63, 3.8) is 0 Å². The molecule has 1 atom stereocenters. The van der Waals surface area contributed by atoms with Crippen LogP contribution < -0.4 is 11.1 Å². The Hall–Kier alpha value is -1.22. The zero-order valence-electron chi connectivity index (χ0n) is 10.7. The second kappa shape index (κ2) is 5.75. The molecule has 0 spiro atoms. The van der Waals surface area contributed by atoms with E-state index >= 15 is 0 Å². The maximum Gasteiger partial charge on any atom is 0.0364 e. The number of nitrogens with one attached hydrogen (secondary N) is 1. The SMILES string of the molecule is Cc1ccc(NC(C)CCN(C)C)cc1N. The van der Waals surface area contributed by atoms with Crippen molar-refractivity contribution in [3.05, 3.63) is 23.8 Å². The van der Waals surface area contributed by atoms with Gasteiger partial charge in [0.05, 0.1) is 0 Å². The van der Waals surface area contributed by atoms with E-state index in [0.717, 1.165) is 29.9 Å². The lowest BCUT2D eigenvalue weighted by molar-refractivity contribution is 0.390. The Morgan fingerprint density at radius 1 is 1.38 bits per heavy atom. The molecule has 1 aromatic carbocycles. The molecule has 0 bridgehead atoms. The van der Waals surface area contributed by atoms with Crippen LogP contribution in [0, 0.1) is 6.92 Å². The number of benzene rings is 1. The predicted molar refractivity (Wildman–Crippen MR) is 71.8 cm³/mol. The third-order valence-corrected chi connectivity index (χ3v) is 2.70. The van der Waals surface area contributed by atoms with Gasteiger partial charge < -0.3 is 16.0 Å². The van der Waals surface area contributed by atoms with Gasteiger partial charge in [-0.15, -0.1) is 0 Å². The van der Waals surface area contributed by atoms with Crippen molar-refractivity contribution in [2.75, 3.05) is 31.7 Å². The first-order valence-electron chi connectivity index (χ1n) is 5.76. The number of hydrogen-bond donors (Lipinski definition) is 2. The summed E-state index contributed by atoms with van der Waals surface area (Å²) in [4.78, 5) is 2.20. The summed E-state index contributed by atoms with van der Waals surface area (Å²) in [6.07, 6.45) is 1.13. The number of nitrogens with two attached hydrogens (primary N) is 1. The molecule has 3 heteroatoms. The standard InChI is InChI=1S/C13H23N3/c1-10-5-6-12(9-13(10)14)15-11(2)7-8-16(3)4/h5-6,9,11,15H,7-8,14H2,1-4H3. The summed E-state index contributed by atoms with van der Waals surface area (Å²) in [5, 5.41) is 3.46. The van der Waals surface area contributed by atoms with Crippen LogP contribution in [0.3, 0.4) is 0 Å². The Labute approximate surface area is 98.6 Å². The van der Waals surface area contributed by atoms with Crippen LogP contribution in [0.1, 0.15) is 18.9 Å². The summed E-state index contributed by atoms with van der Waals surface area (Å²) in [6.45, 7) is 5.31. The maximum atomic E-state index is 5.87. The second-order valence-electron chi connectivity index (χ2n) is 4.71. The zero-order valence-corrected chi connectivity index (χ0v) is 10.7. The first-order chi connectivity index (χ1) is 7.49. The molecule has 0 saturated heterocycles. The Morgan fingerprint density at radius 3 is 2.62 bits per heavy atom. The minimum Gasteiger partial charge on any atom is -0.398 e. The minimum absolute atomic E-state index is 0.463. The molecule has 1 rings (SSSR count). The highest BCUT2D eigenvalue weighted by molar-refractivity contribution is 5.58. The third kappa shape index (κ3) is 4.11. The van der Waals surface area contributed by atoms with Crippen molar-refractivity contribution in [1.82, 2.24) is 4.90 Å². The normalized spacial score (nSPS) is 12.8. The predicted octanol–water partition coefficient (Wildman–Crippen LogP) is 2.33. The first-order valence-corrected chi connectivity index (χ1v) is 5.76. The van der Waals surface area contributed by atoms with Crippen LogP contribution in [0.25, 0.3) is 0 Å². The quantitative estimate of drug-likeness (QED) is 0.750. The topological polar surface area (TPSA) is 41.3 Å². The van der Waals surface area contributed by atoms with Crippen molar-refractivity contribution >= 4 is 11.4 Å². The van der Waals surface area contributed by atoms with E-state index in [9.17, 15) is 0 Å². The highest BCUT2D eigenvalue weighted by Gasteiger charge is 2.03. The third-order valence-electron chi connectivity index (χ3n) is 2.70. The van der Waals surface area contributed by atoms with Gasteiger partial charge in [0.25, 0.3) is 0 Å². The molecule has 0 saturated carbocycles. The van der Waals surface area contributed by atoms with E-state index in [1.807, 2.05) is 13.0 Å². The van der Waals surface area contributed by atoms with E-state index in [0.29, 0.717) is 6.04 Å². The first kappa shape index (κ1) is 12.8. The van der Waals surface area contributed by atoms with Gasteiger partial charge >= 0.3 is 0 Å². The Kier molecular flexibility index (Phi) is 4.62. The summed E-state index contributed by atoms with van der Waals surface area (Å²) >= 11 is 0. The smallest absolute Gasteiger partial charge is 0.0364 e. The minimum atomic E-state index is 0.463. The Morgan fingerprint density at radius 2 is 2.06 bits per heavy atom. The second-order valence-corrected chi connectivity index (χ2v) is 4.71. The van der Waals surface area contributed by atoms with Gasteiger partial charge in [-0.2, -0.15) is 0 Å². The molecule has 3 N–H and O–H groups in total. The molecule has 16 heavy (non-hydrogen) atoms. The maximum absolute atomic E-state index is 5.87. The van der Waals surface area contributed by atoms with Gasteiger partial charge in [0.1, 0.15) is 0 Å². The average molecular weight is 221 g/mol. The number of rotatable bonds is 5. The molecule has 0 aromatic heterocycles. The van der Waals surface area contributed by atoms with Gasteiger partial charge in [-0.3, -0.25) is 0 Å². The highest BCUT2D eigenvalue weighted by Crippen LogP contribution is 2.18. The zero-order chi connectivity index (χ0) is 12.1. The highest BCUT2D eigenvalue weighted by atomic mass is 15.1. The molecule has 3 nitrogen and oxygen atoms in total. The molecular weight excluding hydrogens is 198 g/mol. The summed E-state index contributed by atoms with van der Waals surface area (Å²) in [6, 6.07) is 6.60. The summed E-state index contributed by atoms with van der Waals surface area (Å²) in [5.74, 6) is 0. The van der Waals surface area contributed by atoms with Crippen molar-refractivity contribution in [2.45, 2.75) is 26.3 Å². The molecule has 0 aliphatic rings. The van der Waals surface area contributed by atoms with Gasteiger partial charge in [-0.05, 0) is 58.6 Å². The van der Waals surface area contributed by atoms with Gasteiger partial charge in [0.15, 0.2) is 0 Å². The number of hydrogen-bond acceptors (Lipinski definition) is 3. The largest absolute Gasteiger partial charge is 0.398 e. The van der Waals surface area contributed by atoms with E-state index in [1.165, 1.54) is 0 Å². The fourth-order valence-corrected chi connectivity index (χ4v) is 1.54. The summed E-state index contributed by atoms with van der Waals surface area (Å²) < 4.78 is 0. The number of anilines is 2. The van der Waals surface area contributed by atoms with E-state index < -0.39 is 0 Å². The molecular formula is C13H23N3. The van der Waals surface area contributed by atoms with Crippen molar-refractivity contribution in [3.8, 4) is 0 Å². The molecule has 0 amide bonds. The fourth-order valence-electron chi connectivity index (χ4n) is 1.54. The van der Waals surface area contributed by atoms with Crippen LogP contribution in [0.4, 0.5) is 11.4 Å². The molecule has 0 aliphatic carbocycles. The van der Waals surface area contributed by atoms with E-state index in [-0.39, 0.29) is 0 Å². The average Bonchev–Trinajstić information content (AvgIpc) is 2.21. The molecule has 1 unspecified atom stereocenters. The Bertz CT molecular complexity index is 334. The lowest BCUT2D eigenvalue weighted by Crippen LogP contribution is -2.23. The summed E-state index contributed by atoms with van der Waals surface area (Å²) in [5.41, 5.74) is 8.96. The monoisotopic (exact) mass is 221 g/mol. The van der Waals surface area contributed by atoms with Crippen molar-refractivity contribution in [1.29, 1.82) is 0 Å². The number of nitrogens with zero attached hydrogens (tertiary/aromatic N) is 1. The fraction of sp³-hybridized carbons (Fsp3) is 0.538. The van der Waals surface area contributed by atoms with E-state index in [1.54, 1.807) is 0 Å². The van der Waals surface area contributed by atoms with Gasteiger partial charge in [0.2, 0.25) is 0 Å². The summed E-state index contributed by atoms with van der Waals surface area (Å²) in [7, 11) is 4.19. The van der Waals surface area contributed by atoms with Crippen LogP contribution >= 0.6 is 0 Å². The van der Waals surface area contributed by atoms with E-state index in [2.05, 4.69) is 43.4 Å². The molecule has 0 radical (unpaired) electrons. The van der Waals surface area contributed by atoms with Crippen LogP contribution in [0.15, 0.2) is 18.2 Å². The van der Waals surface area contributed by atoms with Crippen LogP contribution in [0.2, 0.25) is 0 Å². The molecule has 1 aromatic rings. The van der Waals surface area contributed by atoms with Gasteiger partial charge in [-0.1, -0.05) is 6.07 Å². The Balaban J connectivity index is 2.49.